The molecule has 1 aromatic heterocycles. The fourth-order valence-corrected chi connectivity index (χ4v) is 3.16. The lowest BCUT2D eigenvalue weighted by Gasteiger charge is -2.07. The Kier molecular flexibility index (Phi) is 4.55. The number of anilines is 1. The van der Waals surface area contributed by atoms with Gasteiger partial charge in [0.05, 0.1) is 18.8 Å². The van der Waals surface area contributed by atoms with Crippen LogP contribution in [0.3, 0.4) is 0 Å². The number of hydrogen-bond acceptors (Lipinski definition) is 4. The molecule has 0 aliphatic heterocycles. The quantitative estimate of drug-likeness (QED) is 0.852. The van der Waals surface area contributed by atoms with Gasteiger partial charge < -0.3 is 10.4 Å². The first kappa shape index (κ1) is 13.0. The minimum atomic E-state index is 0.00659. The number of nitrogens with zero attached hydrogens (tertiary/aromatic N) is 1. The predicted molar refractivity (Wildman–Crippen MR) is 77.2 cm³/mol. The maximum Gasteiger partial charge on any atom is 0.118 e. The van der Waals surface area contributed by atoms with Gasteiger partial charge in [-0.1, -0.05) is 15.9 Å². The summed E-state index contributed by atoms with van der Waals surface area (Å²) in [6.45, 7) is 0.656. The molecule has 6 heteroatoms. The standard InChI is InChI=1S/C11H10Br2N2OS/c12-7-1-2-10(9(13)3-7)14-4-8-6-17-11(5-16)15-8/h1-3,6,14,16H,4-5H2. The molecule has 1 heterocycles. The van der Waals surface area contributed by atoms with Crippen molar-refractivity contribution in [3.05, 3.63) is 43.2 Å². The van der Waals surface area contributed by atoms with Crippen LogP contribution >= 0.6 is 43.2 Å². The number of hydrogen-bond donors (Lipinski definition) is 2. The van der Waals surface area contributed by atoms with Crippen LogP contribution in [-0.2, 0) is 13.2 Å². The van der Waals surface area contributed by atoms with E-state index >= 15 is 0 Å². The monoisotopic (exact) mass is 376 g/mol. The van der Waals surface area contributed by atoms with E-state index in [4.69, 9.17) is 5.11 Å². The molecule has 0 saturated heterocycles. The molecule has 0 spiro atoms. The molecule has 0 aliphatic rings. The van der Waals surface area contributed by atoms with Crippen LogP contribution in [0.5, 0.6) is 0 Å². The van der Waals surface area contributed by atoms with E-state index in [9.17, 15) is 0 Å². The summed E-state index contributed by atoms with van der Waals surface area (Å²) in [5, 5.41) is 14.9. The Hall–Kier alpha value is -0.430. The minimum absolute atomic E-state index is 0.00659. The van der Waals surface area contributed by atoms with Gasteiger partial charge in [-0.3, -0.25) is 0 Å². The maximum absolute atomic E-state index is 8.93. The summed E-state index contributed by atoms with van der Waals surface area (Å²) in [5.41, 5.74) is 1.96. The fourth-order valence-electron chi connectivity index (χ4n) is 1.32. The topological polar surface area (TPSA) is 45.2 Å². The molecular weight excluding hydrogens is 368 g/mol. The summed E-state index contributed by atoms with van der Waals surface area (Å²) in [4.78, 5) is 4.27. The average Bonchev–Trinajstić information content (AvgIpc) is 2.76. The average molecular weight is 378 g/mol. The highest BCUT2D eigenvalue weighted by Crippen LogP contribution is 2.26. The molecule has 2 N–H and O–H groups in total. The van der Waals surface area contributed by atoms with Crippen LogP contribution in [0.2, 0.25) is 0 Å². The Morgan fingerprint density at radius 2 is 2.18 bits per heavy atom. The van der Waals surface area contributed by atoms with E-state index in [1.165, 1.54) is 11.3 Å². The van der Waals surface area contributed by atoms with Crippen molar-refractivity contribution >= 4 is 48.9 Å². The van der Waals surface area contributed by atoms with Gasteiger partial charge >= 0.3 is 0 Å². The number of aliphatic hydroxyl groups is 1. The molecule has 0 fully saturated rings. The normalized spacial score (nSPS) is 10.5. The molecule has 0 unspecified atom stereocenters. The Bertz CT molecular complexity index is 516. The predicted octanol–water partition coefficient (Wildman–Crippen LogP) is 3.77. The number of halogens is 2. The van der Waals surface area contributed by atoms with E-state index in [1.54, 1.807) is 0 Å². The van der Waals surface area contributed by atoms with Crippen LogP contribution in [0.4, 0.5) is 5.69 Å². The molecule has 0 aliphatic carbocycles. The summed E-state index contributed by atoms with van der Waals surface area (Å²) < 4.78 is 2.04. The van der Waals surface area contributed by atoms with Gasteiger partial charge in [-0.15, -0.1) is 11.3 Å². The second kappa shape index (κ2) is 5.95. The highest BCUT2D eigenvalue weighted by Gasteiger charge is 2.03. The van der Waals surface area contributed by atoms with Crippen LogP contribution in [0.15, 0.2) is 32.5 Å². The highest BCUT2D eigenvalue weighted by atomic mass is 79.9. The molecule has 0 radical (unpaired) electrons. The van der Waals surface area contributed by atoms with Crippen LogP contribution in [-0.4, -0.2) is 10.1 Å². The minimum Gasteiger partial charge on any atom is -0.389 e. The molecule has 1 aromatic carbocycles. The van der Waals surface area contributed by atoms with Gasteiger partial charge in [0, 0.05) is 20.0 Å². The van der Waals surface area contributed by atoms with Crippen molar-refractivity contribution in [1.82, 2.24) is 4.98 Å². The van der Waals surface area contributed by atoms with E-state index in [-0.39, 0.29) is 6.61 Å². The molecule has 0 atom stereocenters. The largest absolute Gasteiger partial charge is 0.389 e. The molecule has 0 amide bonds. The molecule has 2 rings (SSSR count). The van der Waals surface area contributed by atoms with Gasteiger partial charge in [-0.25, -0.2) is 4.98 Å². The Morgan fingerprint density at radius 3 is 2.82 bits per heavy atom. The summed E-state index contributed by atoms with van der Waals surface area (Å²) in [6.07, 6.45) is 0. The van der Waals surface area contributed by atoms with Gasteiger partial charge in [-0.05, 0) is 34.1 Å². The smallest absolute Gasteiger partial charge is 0.118 e. The van der Waals surface area contributed by atoms with Crippen molar-refractivity contribution in [3.8, 4) is 0 Å². The van der Waals surface area contributed by atoms with Gasteiger partial charge in [0.15, 0.2) is 0 Å². The van der Waals surface area contributed by atoms with Crippen molar-refractivity contribution in [2.24, 2.45) is 0 Å². The van der Waals surface area contributed by atoms with Crippen molar-refractivity contribution in [1.29, 1.82) is 0 Å². The van der Waals surface area contributed by atoms with Crippen LogP contribution < -0.4 is 5.32 Å². The first-order valence-electron chi connectivity index (χ1n) is 4.92. The zero-order chi connectivity index (χ0) is 12.3. The Labute approximate surface area is 120 Å². The molecular formula is C11H10Br2N2OS. The molecule has 3 nitrogen and oxygen atoms in total. The van der Waals surface area contributed by atoms with Crippen molar-refractivity contribution in [2.75, 3.05) is 5.32 Å². The first-order chi connectivity index (χ1) is 8.19. The van der Waals surface area contributed by atoms with Crippen LogP contribution in [0, 0.1) is 0 Å². The lowest BCUT2D eigenvalue weighted by atomic mass is 10.3. The van der Waals surface area contributed by atoms with Crippen molar-refractivity contribution in [3.63, 3.8) is 0 Å². The third-order valence-electron chi connectivity index (χ3n) is 2.13. The molecule has 90 valence electrons. The zero-order valence-corrected chi connectivity index (χ0v) is 12.8. The Morgan fingerprint density at radius 1 is 1.35 bits per heavy atom. The van der Waals surface area contributed by atoms with E-state index < -0.39 is 0 Å². The van der Waals surface area contributed by atoms with Crippen molar-refractivity contribution < 1.29 is 5.11 Å². The molecule has 0 bridgehead atoms. The van der Waals surface area contributed by atoms with Crippen molar-refractivity contribution in [2.45, 2.75) is 13.2 Å². The number of benzene rings is 1. The van der Waals surface area contributed by atoms with Gasteiger partial charge in [0.1, 0.15) is 5.01 Å². The first-order valence-corrected chi connectivity index (χ1v) is 7.38. The molecule has 0 saturated carbocycles. The lowest BCUT2D eigenvalue weighted by molar-refractivity contribution is 0.281. The third kappa shape index (κ3) is 3.51. The summed E-state index contributed by atoms with van der Waals surface area (Å²) in [5.74, 6) is 0. The fraction of sp³-hybridized carbons (Fsp3) is 0.182. The second-order valence-corrected chi connectivity index (χ2v) is 6.08. The lowest BCUT2D eigenvalue weighted by Crippen LogP contribution is -2.00. The second-order valence-electron chi connectivity index (χ2n) is 3.37. The highest BCUT2D eigenvalue weighted by molar-refractivity contribution is 9.11. The summed E-state index contributed by atoms with van der Waals surface area (Å²) >= 11 is 8.37. The van der Waals surface area contributed by atoms with Gasteiger partial charge in [0.2, 0.25) is 0 Å². The Balaban J connectivity index is 2.02. The molecule has 2 aromatic rings. The van der Waals surface area contributed by atoms with Gasteiger partial charge in [0.25, 0.3) is 0 Å². The number of nitrogens with one attached hydrogen (secondary N) is 1. The van der Waals surface area contributed by atoms with Crippen LogP contribution in [0.1, 0.15) is 10.7 Å². The van der Waals surface area contributed by atoms with E-state index in [0.717, 1.165) is 25.3 Å². The zero-order valence-electron chi connectivity index (χ0n) is 8.78. The van der Waals surface area contributed by atoms with Gasteiger partial charge in [-0.2, -0.15) is 0 Å². The SMILES string of the molecule is OCc1nc(CNc2ccc(Br)cc2Br)cs1. The van der Waals surface area contributed by atoms with E-state index in [0.29, 0.717) is 6.54 Å². The number of rotatable bonds is 4. The summed E-state index contributed by atoms with van der Waals surface area (Å²) in [7, 11) is 0. The third-order valence-corrected chi connectivity index (χ3v) is 4.16. The van der Waals surface area contributed by atoms with E-state index in [2.05, 4.69) is 42.2 Å². The summed E-state index contributed by atoms with van der Waals surface area (Å²) in [6, 6.07) is 5.96. The van der Waals surface area contributed by atoms with Crippen LogP contribution in [0.25, 0.3) is 0 Å². The number of aliphatic hydroxyl groups excluding tert-OH is 1. The number of thiazole rings is 1. The maximum atomic E-state index is 8.93. The number of aromatic nitrogens is 1. The van der Waals surface area contributed by atoms with E-state index in [1.807, 2.05) is 23.6 Å². The molecule has 17 heavy (non-hydrogen) atoms.